The number of pyridine rings is 3. The number of rotatable bonds is 4. The van der Waals surface area contributed by atoms with E-state index in [1.807, 2.05) is 30.3 Å². The molecule has 4 rings (SSSR count). The van der Waals surface area contributed by atoms with E-state index in [0.29, 0.717) is 28.6 Å². The Kier molecular flexibility index (Phi) is 4.57. The van der Waals surface area contributed by atoms with Crippen molar-refractivity contribution in [3.8, 4) is 11.1 Å². The fourth-order valence-electron chi connectivity index (χ4n) is 2.93. The van der Waals surface area contributed by atoms with Gasteiger partial charge in [0.25, 0.3) is 5.56 Å². The van der Waals surface area contributed by atoms with Gasteiger partial charge in [-0.25, -0.2) is 4.98 Å². The summed E-state index contributed by atoms with van der Waals surface area (Å²) in [6, 6.07) is 11.2. The Bertz CT molecular complexity index is 1210. The van der Waals surface area contributed by atoms with Crippen LogP contribution in [0.5, 0.6) is 0 Å². The monoisotopic (exact) mass is 372 g/mol. The molecule has 0 fully saturated rings. The highest BCUT2D eigenvalue weighted by molar-refractivity contribution is 5.81. The summed E-state index contributed by atoms with van der Waals surface area (Å²) in [5.74, 6) is 1.64. The Morgan fingerprint density at radius 2 is 1.89 bits per heavy atom. The smallest absolute Gasteiger partial charge is 0.258 e. The van der Waals surface area contributed by atoms with Gasteiger partial charge in [-0.3, -0.25) is 9.78 Å². The Balaban J connectivity index is 1.71. The number of aromatic nitrogens is 5. The predicted molar refractivity (Wildman–Crippen MR) is 110 cm³/mol. The quantitative estimate of drug-likeness (QED) is 0.588. The van der Waals surface area contributed by atoms with Crippen LogP contribution in [-0.2, 0) is 7.05 Å². The van der Waals surface area contributed by atoms with Crippen LogP contribution in [0.1, 0.15) is 25.3 Å². The number of fused-ring (bicyclic) bond motifs is 1. The SMILES string of the molecule is CC(C)c1cnnc(Nc2ccc3ncc(-c4cccn(C)c4=O)cc3n2)c1. The van der Waals surface area contributed by atoms with Gasteiger partial charge in [-0.2, -0.15) is 5.10 Å². The molecule has 0 aliphatic carbocycles. The third kappa shape index (κ3) is 3.46. The standard InChI is InChI=1S/C21H20N6O/c1-13(2)14-10-20(26-23-12-14)25-19-7-6-17-18(24-19)9-15(11-22-17)16-5-4-8-27(3)21(16)28/h4-13H,1-3H3,(H,24,25,26). The van der Waals surface area contributed by atoms with Crippen LogP contribution in [0, 0.1) is 0 Å². The van der Waals surface area contributed by atoms with Crippen LogP contribution in [0.3, 0.4) is 0 Å². The highest BCUT2D eigenvalue weighted by Gasteiger charge is 2.08. The summed E-state index contributed by atoms with van der Waals surface area (Å²) < 4.78 is 1.55. The molecule has 0 aromatic carbocycles. The Hall–Kier alpha value is -3.61. The number of hydrogen-bond acceptors (Lipinski definition) is 6. The van der Waals surface area contributed by atoms with Gasteiger partial charge in [-0.1, -0.05) is 13.8 Å². The first-order valence-electron chi connectivity index (χ1n) is 9.04. The molecule has 7 heteroatoms. The number of nitrogens with one attached hydrogen (secondary N) is 1. The summed E-state index contributed by atoms with van der Waals surface area (Å²) >= 11 is 0. The average molecular weight is 372 g/mol. The minimum absolute atomic E-state index is 0.0706. The van der Waals surface area contributed by atoms with Crippen molar-refractivity contribution in [2.45, 2.75) is 19.8 Å². The Morgan fingerprint density at radius 3 is 2.71 bits per heavy atom. The van der Waals surface area contributed by atoms with Gasteiger partial charge in [0.2, 0.25) is 0 Å². The molecule has 4 aromatic heterocycles. The van der Waals surface area contributed by atoms with Crippen molar-refractivity contribution < 1.29 is 0 Å². The highest BCUT2D eigenvalue weighted by atomic mass is 16.1. The molecular weight excluding hydrogens is 352 g/mol. The molecule has 0 unspecified atom stereocenters. The van der Waals surface area contributed by atoms with Gasteiger partial charge in [-0.05, 0) is 47.9 Å². The summed E-state index contributed by atoms with van der Waals surface area (Å²) in [5, 5.41) is 11.4. The number of aryl methyl sites for hydroxylation is 1. The van der Waals surface area contributed by atoms with Crippen molar-refractivity contribution in [3.05, 3.63) is 70.9 Å². The predicted octanol–water partition coefficient (Wildman–Crippen LogP) is 3.65. The maximum absolute atomic E-state index is 12.4. The van der Waals surface area contributed by atoms with Crippen molar-refractivity contribution in [1.29, 1.82) is 0 Å². The summed E-state index contributed by atoms with van der Waals surface area (Å²) in [7, 11) is 1.73. The van der Waals surface area contributed by atoms with Gasteiger partial charge in [0.05, 0.1) is 17.2 Å². The number of nitrogens with zero attached hydrogens (tertiary/aromatic N) is 5. The third-order valence-electron chi connectivity index (χ3n) is 4.57. The Labute approximate surface area is 162 Å². The molecule has 4 aromatic rings. The van der Waals surface area contributed by atoms with Crippen molar-refractivity contribution in [3.63, 3.8) is 0 Å². The fourth-order valence-corrected chi connectivity index (χ4v) is 2.93. The van der Waals surface area contributed by atoms with E-state index in [9.17, 15) is 4.79 Å². The minimum Gasteiger partial charge on any atom is -0.323 e. The first-order valence-corrected chi connectivity index (χ1v) is 9.04. The van der Waals surface area contributed by atoms with Gasteiger partial charge < -0.3 is 9.88 Å². The van der Waals surface area contributed by atoms with Crippen LogP contribution in [-0.4, -0.2) is 24.7 Å². The van der Waals surface area contributed by atoms with Crippen LogP contribution in [0.15, 0.2) is 59.8 Å². The lowest BCUT2D eigenvalue weighted by molar-refractivity contribution is 0.843. The van der Waals surface area contributed by atoms with Gasteiger partial charge in [0.15, 0.2) is 5.82 Å². The molecule has 0 atom stereocenters. The lowest BCUT2D eigenvalue weighted by atomic mass is 10.1. The molecule has 0 aliphatic heterocycles. The zero-order valence-electron chi connectivity index (χ0n) is 15.9. The molecule has 140 valence electrons. The first-order chi connectivity index (χ1) is 13.5. The van der Waals surface area contributed by atoms with Crippen LogP contribution in [0.25, 0.3) is 22.2 Å². The normalized spacial score (nSPS) is 11.1. The number of hydrogen-bond donors (Lipinski definition) is 1. The summed E-state index contributed by atoms with van der Waals surface area (Å²) in [6.07, 6.45) is 5.19. The van der Waals surface area contributed by atoms with E-state index in [1.54, 1.807) is 36.3 Å². The van der Waals surface area contributed by atoms with E-state index in [4.69, 9.17) is 0 Å². The molecule has 0 saturated carbocycles. The van der Waals surface area contributed by atoms with E-state index in [-0.39, 0.29) is 5.56 Å². The molecule has 1 N–H and O–H groups in total. The molecule has 0 saturated heterocycles. The maximum Gasteiger partial charge on any atom is 0.258 e. The molecule has 0 aliphatic rings. The zero-order valence-corrected chi connectivity index (χ0v) is 15.9. The van der Waals surface area contributed by atoms with Crippen molar-refractivity contribution in [2.24, 2.45) is 7.05 Å². The molecule has 0 spiro atoms. The van der Waals surface area contributed by atoms with Gasteiger partial charge in [0, 0.05) is 30.6 Å². The first kappa shape index (κ1) is 17.8. The van der Waals surface area contributed by atoms with E-state index in [2.05, 4.69) is 39.3 Å². The Morgan fingerprint density at radius 1 is 1.04 bits per heavy atom. The topological polar surface area (TPSA) is 85.6 Å². The lowest BCUT2D eigenvalue weighted by Gasteiger charge is -2.09. The minimum atomic E-state index is -0.0706. The van der Waals surface area contributed by atoms with E-state index >= 15 is 0 Å². The van der Waals surface area contributed by atoms with E-state index in [1.165, 1.54) is 0 Å². The summed E-state index contributed by atoms with van der Waals surface area (Å²) in [5.41, 5.74) is 3.81. The molecule has 0 amide bonds. The zero-order chi connectivity index (χ0) is 19.7. The second-order valence-electron chi connectivity index (χ2n) is 6.95. The van der Waals surface area contributed by atoms with Crippen molar-refractivity contribution in [2.75, 3.05) is 5.32 Å². The molecule has 4 heterocycles. The average Bonchev–Trinajstić information content (AvgIpc) is 2.70. The molecular formula is C21H20N6O. The molecule has 28 heavy (non-hydrogen) atoms. The van der Waals surface area contributed by atoms with Gasteiger partial charge in [0.1, 0.15) is 5.82 Å². The highest BCUT2D eigenvalue weighted by Crippen LogP contribution is 2.22. The molecule has 7 nitrogen and oxygen atoms in total. The number of anilines is 2. The third-order valence-corrected chi connectivity index (χ3v) is 4.57. The van der Waals surface area contributed by atoms with Crippen LogP contribution in [0.2, 0.25) is 0 Å². The second kappa shape index (κ2) is 7.19. The summed E-state index contributed by atoms with van der Waals surface area (Å²) in [6.45, 7) is 4.21. The van der Waals surface area contributed by atoms with Gasteiger partial charge in [-0.15, -0.1) is 5.10 Å². The van der Waals surface area contributed by atoms with Crippen LogP contribution < -0.4 is 10.9 Å². The van der Waals surface area contributed by atoms with Crippen molar-refractivity contribution >= 4 is 22.7 Å². The maximum atomic E-state index is 12.4. The summed E-state index contributed by atoms with van der Waals surface area (Å²) in [4.78, 5) is 21.5. The molecule has 0 bridgehead atoms. The molecule has 0 radical (unpaired) electrons. The van der Waals surface area contributed by atoms with E-state index in [0.717, 1.165) is 16.6 Å². The van der Waals surface area contributed by atoms with Crippen molar-refractivity contribution in [1.82, 2.24) is 24.7 Å². The van der Waals surface area contributed by atoms with E-state index < -0.39 is 0 Å². The van der Waals surface area contributed by atoms with Gasteiger partial charge >= 0.3 is 0 Å². The van der Waals surface area contributed by atoms with Crippen LogP contribution >= 0.6 is 0 Å². The lowest BCUT2D eigenvalue weighted by Crippen LogP contribution is -2.17. The second-order valence-corrected chi connectivity index (χ2v) is 6.95. The largest absolute Gasteiger partial charge is 0.323 e. The van der Waals surface area contributed by atoms with Crippen LogP contribution in [0.4, 0.5) is 11.6 Å². The fraction of sp³-hybridized carbons (Fsp3) is 0.190.